The predicted molar refractivity (Wildman–Crippen MR) is 72.9 cm³/mol. The molecule has 1 N–H and O–H groups in total. The third-order valence-electron chi connectivity index (χ3n) is 3.68. The highest BCUT2D eigenvalue weighted by Gasteiger charge is 2.39. The molecule has 2 amide bonds. The van der Waals surface area contributed by atoms with E-state index in [9.17, 15) is 9.59 Å². The summed E-state index contributed by atoms with van der Waals surface area (Å²) in [5.74, 6) is 0.140. The Bertz CT molecular complexity index is 499. The highest BCUT2D eigenvalue weighted by atomic mass is 16.5. The summed E-state index contributed by atoms with van der Waals surface area (Å²) < 4.78 is 5.16. The highest BCUT2D eigenvalue weighted by molar-refractivity contribution is 5.81. The van der Waals surface area contributed by atoms with E-state index in [2.05, 4.69) is 5.32 Å². The fourth-order valence-corrected chi connectivity index (χ4v) is 2.50. The summed E-state index contributed by atoms with van der Waals surface area (Å²) in [6.45, 7) is 0.865. The van der Waals surface area contributed by atoms with E-state index in [0.717, 1.165) is 18.4 Å². The molecule has 3 rings (SSSR count). The van der Waals surface area contributed by atoms with Crippen LogP contribution in [0.3, 0.4) is 0 Å². The molecular weight excluding hydrogens is 256 g/mol. The van der Waals surface area contributed by atoms with Gasteiger partial charge in [-0.05, 0) is 18.4 Å². The molecule has 1 aliphatic heterocycles. The molecule has 1 aliphatic carbocycles. The molecule has 1 heterocycles. The second-order valence-electron chi connectivity index (χ2n) is 5.38. The van der Waals surface area contributed by atoms with Crippen molar-refractivity contribution in [3.8, 4) is 0 Å². The first-order valence-electron chi connectivity index (χ1n) is 6.99. The molecular formula is C15H18N2O3. The monoisotopic (exact) mass is 274 g/mol. The van der Waals surface area contributed by atoms with Crippen molar-refractivity contribution in [2.75, 3.05) is 6.54 Å². The summed E-state index contributed by atoms with van der Waals surface area (Å²) >= 11 is 0. The van der Waals surface area contributed by atoms with Crippen molar-refractivity contribution >= 4 is 12.0 Å². The average Bonchev–Trinajstić information content (AvgIpc) is 3.22. The van der Waals surface area contributed by atoms with Crippen LogP contribution in [0.5, 0.6) is 0 Å². The zero-order valence-electron chi connectivity index (χ0n) is 11.2. The van der Waals surface area contributed by atoms with Gasteiger partial charge in [-0.25, -0.2) is 4.79 Å². The van der Waals surface area contributed by atoms with Gasteiger partial charge in [0.15, 0.2) is 0 Å². The molecule has 5 heteroatoms. The van der Waals surface area contributed by atoms with Crippen LogP contribution in [0.2, 0.25) is 0 Å². The number of carbonyl (C=O) groups is 2. The molecule has 2 aliphatic rings. The minimum absolute atomic E-state index is 0.119. The largest absolute Gasteiger partial charge is 0.445 e. The molecule has 20 heavy (non-hydrogen) atoms. The van der Waals surface area contributed by atoms with Crippen molar-refractivity contribution in [2.24, 2.45) is 0 Å². The van der Waals surface area contributed by atoms with E-state index in [-0.39, 0.29) is 18.6 Å². The Morgan fingerprint density at radius 3 is 2.75 bits per heavy atom. The molecule has 1 saturated heterocycles. The van der Waals surface area contributed by atoms with Crippen LogP contribution in [0.1, 0.15) is 24.8 Å². The summed E-state index contributed by atoms with van der Waals surface area (Å²) in [4.78, 5) is 25.3. The third kappa shape index (κ3) is 3.10. The number of hydrogen-bond donors (Lipinski definition) is 1. The molecule has 0 radical (unpaired) electrons. The Balaban J connectivity index is 1.44. The molecule has 1 aromatic rings. The number of carbonyl (C=O) groups excluding carboxylic acids is 2. The summed E-state index contributed by atoms with van der Waals surface area (Å²) in [6.07, 6.45) is 2.12. The van der Waals surface area contributed by atoms with Crippen LogP contribution in [0.4, 0.5) is 4.79 Å². The van der Waals surface area contributed by atoms with Crippen molar-refractivity contribution in [3.63, 3.8) is 0 Å². The minimum atomic E-state index is -0.454. The lowest BCUT2D eigenvalue weighted by atomic mass is 10.2. The van der Waals surface area contributed by atoms with Gasteiger partial charge in [-0.1, -0.05) is 30.3 Å². The van der Waals surface area contributed by atoms with E-state index in [1.807, 2.05) is 35.2 Å². The lowest BCUT2D eigenvalue weighted by Crippen LogP contribution is -2.37. The number of likely N-dealkylation sites (tertiary alicyclic amines) is 1. The van der Waals surface area contributed by atoms with Gasteiger partial charge in [0.2, 0.25) is 5.91 Å². The number of benzene rings is 1. The number of nitrogens with one attached hydrogen (secondary N) is 1. The number of hydrogen-bond acceptors (Lipinski definition) is 3. The van der Waals surface area contributed by atoms with Gasteiger partial charge >= 0.3 is 6.09 Å². The fourth-order valence-electron chi connectivity index (χ4n) is 2.50. The quantitative estimate of drug-likeness (QED) is 0.908. The van der Waals surface area contributed by atoms with E-state index in [4.69, 9.17) is 4.74 Å². The van der Waals surface area contributed by atoms with Crippen molar-refractivity contribution in [3.05, 3.63) is 35.9 Å². The van der Waals surface area contributed by atoms with Crippen LogP contribution in [-0.2, 0) is 16.1 Å². The Kier molecular flexibility index (Phi) is 3.58. The maximum absolute atomic E-state index is 11.8. The molecule has 1 unspecified atom stereocenters. The molecule has 5 nitrogen and oxygen atoms in total. The Labute approximate surface area is 117 Å². The van der Waals surface area contributed by atoms with Crippen molar-refractivity contribution in [1.82, 2.24) is 10.2 Å². The summed E-state index contributed by atoms with van der Waals surface area (Å²) in [6, 6.07) is 9.82. The maximum Gasteiger partial charge on any atom is 0.407 e. The lowest BCUT2D eigenvalue weighted by Gasteiger charge is -2.16. The predicted octanol–water partition coefficient (Wildman–Crippen LogP) is 1.68. The topological polar surface area (TPSA) is 58.6 Å². The first-order chi connectivity index (χ1) is 9.72. The van der Waals surface area contributed by atoms with Gasteiger partial charge in [0.05, 0.1) is 6.04 Å². The number of rotatable bonds is 4. The van der Waals surface area contributed by atoms with Crippen molar-refractivity contribution < 1.29 is 14.3 Å². The molecule has 0 spiro atoms. The van der Waals surface area contributed by atoms with Gasteiger partial charge in [-0.3, -0.25) is 4.79 Å². The summed E-state index contributed by atoms with van der Waals surface area (Å²) in [5.41, 5.74) is 0.949. The number of amides is 2. The Morgan fingerprint density at radius 2 is 2.05 bits per heavy atom. The molecule has 1 aromatic carbocycles. The maximum atomic E-state index is 11.8. The van der Waals surface area contributed by atoms with Gasteiger partial charge in [-0.15, -0.1) is 0 Å². The zero-order valence-corrected chi connectivity index (χ0v) is 11.2. The van der Waals surface area contributed by atoms with E-state index >= 15 is 0 Å². The molecule has 0 bridgehead atoms. The van der Waals surface area contributed by atoms with Crippen molar-refractivity contribution in [2.45, 2.75) is 38.0 Å². The molecule has 0 aromatic heterocycles. The zero-order chi connectivity index (χ0) is 13.9. The summed E-state index contributed by atoms with van der Waals surface area (Å²) in [5, 5.41) is 2.77. The van der Waals surface area contributed by atoms with Crippen LogP contribution in [0, 0.1) is 0 Å². The number of nitrogens with zero attached hydrogens (tertiary/aromatic N) is 1. The molecule has 1 saturated carbocycles. The first kappa shape index (κ1) is 13.0. The van der Waals surface area contributed by atoms with E-state index in [0.29, 0.717) is 19.0 Å². The first-order valence-corrected chi connectivity index (χ1v) is 6.99. The lowest BCUT2D eigenvalue weighted by molar-refractivity contribution is -0.128. The van der Waals surface area contributed by atoms with Gasteiger partial charge in [0, 0.05) is 19.0 Å². The molecule has 2 fully saturated rings. The SMILES string of the molecule is O=C(NC1CC(=O)N(C2CC2)C1)OCc1ccccc1. The van der Waals surface area contributed by atoms with Crippen LogP contribution < -0.4 is 5.32 Å². The van der Waals surface area contributed by atoms with Crippen LogP contribution in [-0.4, -0.2) is 35.5 Å². The van der Waals surface area contributed by atoms with Crippen LogP contribution >= 0.6 is 0 Å². The van der Waals surface area contributed by atoms with E-state index in [1.165, 1.54) is 0 Å². The molecule has 1 atom stereocenters. The van der Waals surface area contributed by atoms with Gasteiger partial charge in [0.1, 0.15) is 6.61 Å². The van der Waals surface area contributed by atoms with Gasteiger partial charge in [0.25, 0.3) is 0 Å². The van der Waals surface area contributed by atoms with E-state index in [1.54, 1.807) is 0 Å². The Hall–Kier alpha value is -2.04. The smallest absolute Gasteiger partial charge is 0.407 e. The highest BCUT2D eigenvalue weighted by Crippen LogP contribution is 2.30. The van der Waals surface area contributed by atoms with Gasteiger partial charge < -0.3 is 15.0 Å². The second-order valence-corrected chi connectivity index (χ2v) is 5.38. The van der Waals surface area contributed by atoms with Crippen LogP contribution in [0.25, 0.3) is 0 Å². The van der Waals surface area contributed by atoms with Crippen LogP contribution in [0.15, 0.2) is 30.3 Å². The third-order valence-corrected chi connectivity index (χ3v) is 3.68. The van der Waals surface area contributed by atoms with Gasteiger partial charge in [-0.2, -0.15) is 0 Å². The van der Waals surface area contributed by atoms with Crippen molar-refractivity contribution in [1.29, 1.82) is 0 Å². The number of ether oxygens (including phenoxy) is 1. The Morgan fingerprint density at radius 1 is 1.30 bits per heavy atom. The molecule has 106 valence electrons. The standard InChI is InChI=1S/C15H18N2O3/c18-14-8-12(9-17(14)13-6-7-13)16-15(19)20-10-11-4-2-1-3-5-11/h1-5,12-13H,6-10H2,(H,16,19). The summed E-state index contributed by atoms with van der Waals surface area (Å²) in [7, 11) is 0. The normalized spacial score (nSPS) is 21.9. The van der Waals surface area contributed by atoms with E-state index < -0.39 is 6.09 Å². The minimum Gasteiger partial charge on any atom is -0.445 e. The average molecular weight is 274 g/mol. The second kappa shape index (κ2) is 5.53. The number of alkyl carbamates (subject to hydrolysis) is 1. The fraction of sp³-hybridized carbons (Fsp3) is 0.467.